The van der Waals surface area contributed by atoms with E-state index in [9.17, 15) is 9.59 Å². The summed E-state index contributed by atoms with van der Waals surface area (Å²) >= 11 is 0. The zero-order valence-electron chi connectivity index (χ0n) is 18.9. The SMILES string of the molecule is CCc1[nH]c(C(=O)NCC(c2ccc(OC)cc2)N2CCCCC2)c(C)c1C(=O)OC. The highest BCUT2D eigenvalue weighted by atomic mass is 16.5. The van der Waals surface area contributed by atoms with Crippen LogP contribution >= 0.6 is 0 Å². The number of benzene rings is 1. The number of aryl methyl sites for hydroxylation is 1. The first-order valence-electron chi connectivity index (χ1n) is 11.0. The number of rotatable bonds is 8. The van der Waals surface area contributed by atoms with Gasteiger partial charge in [-0.05, 0) is 62.5 Å². The van der Waals surface area contributed by atoms with E-state index in [1.807, 2.05) is 19.1 Å². The van der Waals surface area contributed by atoms with Gasteiger partial charge in [0.15, 0.2) is 0 Å². The van der Waals surface area contributed by atoms with Crippen LogP contribution in [0.5, 0.6) is 5.75 Å². The van der Waals surface area contributed by atoms with Gasteiger partial charge in [-0.1, -0.05) is 25.5 Å². The number of carbonyl (C=O) groups is 2. The lowest BCUT2D eigenvalue weighted by Crippen LogP contribution is -2.40. The van der Waals surface area contributed by atoms with Crippen LogP contribution in [0.3, 0.4) is 0 Å². The minimum Gasteiger partial charge on any atom is -0.497 e. The molecule has 31 heavy (non-hydrogen) atoms. The minimum absolute atomic E-state index is 0.0798. The maximum absolute atomic E-state index is 13.0. The molecule has 0 saturated carbocycles. The summed E-state index contributed by atoms with van der Waals surface area (Å²) in [6.45, 7) is 6.23. The normalized spacial score (nSPS) is 15.4. The van der Waals surface area contributed by atoms with Crippen LogP contribution in [0.2, 0.25) is 0 Å². The summed E-state index contributed by atoms with van der Waals surface area (Å²) in [7, 11) is 3.01. The second-order valence-corrected chi connectivity index (χ2v) is 7.92. The number of hydrogen-bond acceptors (Lipinski definition) is 5. The zero-order chi connectivity index (χ0) is 22.4. The van der Waals surface area contributed by atoms with Gasteiger partial charge in [-0.15, -0.1) is 0 Å². The van der Waals surface area contributed by atoms with Crippen LogP contribution in [0.4, 0.5) is 0 Å². The molecular formula is C24H33N3O4. The zero-order valence-corrected chi connectivity index (χ0v) is 18.9. The quantitative estimate of drug-likeness (QED) is 0.629. The van der Waals surface area contributed by atoms with Gasteiger partial charge in [0.05, 0.1) is 25.8 Å². The van der Waals surface area contributed by atoms with Crippen molar-refractivity contribution in [3.63, 3.8) is 0 Å². The Morgan fingerprint density at radius 1 is 1.13 bits per heavy atom. The lowest BCUT2D eigenvalue weighted by atomic mass is 10.0. The molecule has 1 aromatic carbocycles. The molecule has 7 nitrogen and oxygen atoms in total. The van der Waals surface area contributed by atoms with Crippen molar-refractivity contribution < 1.29 is 19.1 Å². The van der Waals surface area contributed by atoms with E-state index in [-0.39, 0.29) is 11.9 Å². The molecule has 7 heteroatoms. The highest BCUT2D eigenvalue weighted by Crippen LogP contribution is 2.26. The smallest absolute Gasteiger partial charge is 0.339 e. The predicted molar refractivity (Wildman–Crippen MR) is 120 cm³/mol. The minimum atomic E-state index is -0.422. The number of likely N-dealkylation sites (tertiary alicyclic amines) is 1. The summed E-state index contributed by atoms with van der Waals surface area (Å²) in [5.74, 6) is 0.182. The van der Waals surface area contributed by atoms with E-state index in [2.05, 4.69) is 27.3 Å². The molecular weight excluding hydrogens is 394 g/mol. The van der Waals surface area contributed by atoms with E-state index in [1.165, 1.54) is 26.4 Å². The molecule has 1 aliphatic heterocycles. The van der Waals surface area contributed by atoms with E-state index in [0.29, 0.717) is 29.8 Å². The Morgan fingerprint density at radius 3 is 2.39 bits per heavy atom. The van der Waals surface area contributed by atoms with Crippen molar-refractivity contribution in [3.05, 3.63) is 52.3 Å². The largest absolute Gasteiger partial charge is 0.497 e. The molecule has 1 atom stereocenters. The molecule has 0 bridgehead atoms. The van der Waals surface area contributed by atoms with Crippen molar-refractivity contribution in [1.29, 1.82) is 0 Å². The Balaban J connectivity index is 1.80. The number of piperidine rings is 1. The van der Waals surface area contributed by atoms with Crippen molar-refractivity contribution in [2.75, 3.05) is 33.9 Å². The summed E-state index contributed by atoms with van der Waals surface area (Å²) in [6.07, 6.45) is 4.19. The second kappa shape index (κ2) is 10.5. The summed E-state index contributed by atoms with van der Waals surface area (Å²) in [6, 6.07) is 8.12. The number of nitrogens with one attached hydrogen (secondary N) is 2. The number of methoxy groups -OCH3 is 2. The van der Waals surface area contributed by atoms with Crippen molar-refractivity contribution in [2.24, 2.45) is 0 Å². The van der Waals surface area contributed by atoms with Gasteiger partial charge in [-0.25, -0.2) is 4.79 Å². The number of aromatic nitrogens is 1. The Labute approximate surface area is 184 Å². The van der Waals surface area contributed by atoms with E-state index in [1.54, 1.807) is 14.0 Å². The summed E-state index contributed by atoms with van der Waals surface area (Å²) in [5.41, 5.74) is 3.37. The van der Waals surface area contributed by atoms with Gasteiger partial charge < -0.3 is 19.8 Å². The van der Waals surface area contributed by atoms with Crippen molar-refractivity contribution in [1.82, 2.24) is 15.2 Å². The third-order valence-electron chi connectivity index (χ3n) is 6.09. The average molecular weight is 428 g/mol. The number of esters is 1. The highest BCUT2D eigenvalue weighted by Gasteiger charge is 2.26. The molecule has 2 heterocycles. The van der Waals surface area contributed by atoms with Crippen molar-refractivity contribution >= 4 is 11.9 Å². The number of ether oxygens (including phenoxy) is 2. The number of H-pyrrole nitrogens is 1. The molecule has 1 saturated heterocycles. The molecule has 1 fully saturated rings. The maximum Gasteiger partial charge on any atom is 0.339 e. The predicted octanol–water partition coefficient (Wildman–Crippen LogP) is 3.64. The molecule has 1 unspecified atom stereocenters. The fourth-order valence-corrected chi connectivity index (χ4v) is 4.32. The van der Waals surface area contributed by atoms with Gasteiger partial charge in [-0.3, -0.25) is 9.69 Å². The fourth-order valence-electron chi connectivity index (χ4n) is 4.32. The van der Waals surface area contributed by atoms with Crippen LogP contribution in [0.1, 0.15) is 69.9 Å². The number of hydrogen-bond donors (Lipinski definition) is 2. The summed E-state index contributed by atoms with van der Waals surface area (Å²) in [4.78, 5) is 30.8. The number of nitrogens with zero attached hydrogens (tertiary/aromatic N) is 1. The molecule has 168 valence electrons. The van der Waals surface area contributed by atoms with Gasteiger partial charge in [0.25, 0.3) is 5.91 Å². The monoisotopic (exact) mass is 427 g/mol. The Hall–Kier alpha value is -2.80. The van der Waals surface area contributed by atoms with Gasteiger partial charge in [0.2, 0.25) is 0 Å². The van der Waals surface area contributed by atoms with Gasteiger partial charge in [0, 0.05) is 12.2 Å². The summed E-state index contributed by atoms with van der Waals surface area (Å²) < 4.78 is 10.2. The van der Waals surface area contributed by atoms with Crippen LogP contribution in [-0.2, 0) is 11.2 Å². The molecule has 0 aliphatic carbocycles. The van der Waals surface area contributed by atoms with Gasteiger partial charge in [-0.2, -0.15) is 0 Å². The topological polar surface area (TPSA) is 83.7 Å². The third kappa shape index (κ3) is 5.10. The fraction of sp³-hybridized carbons (Fsp3) is 0.500. The highest BCUT2D eigenvalue weighted by molar-refractivity contribution is 6.00. The number of carbonyl (C=O) groups excluding carboxylic acids is 2. The molecule has 0 spiro atoms. The molecule has 1 aliphatic rings. The first-order valence-corrected chi connectivity index (χ1v) is 11.0. The first kappa shape index (κ1) is 22.9. The van der Waals surface area contributed by atoms with Crippen molar-refractivity contribution in [3.8, 4) is 5.75 Å². The molecule has 2 N–H and O–H groups in total. The van der Waals surface area contributed by atoms with Gasteiger partial charge >= 0.3 is 5.97 Å². The first-order chi connectivity index (χ1) is 15.0. The van der Waals surface area contributed by atoms with E-state index >= 15 is 0 Å². The van der Waals surface area contributed by atoms with E-state index < -0.39 is 5.97 Å². The number of amides is 1. The Kier molecular flexibility index (Phi) is 7.74. The third-order valence-corrected chi connectivity index (χ3v) is 6.09. The van der Waals surface area contributed by atoms with Crippen LogP contribution in [0, 0.1) is 6.92 Å². The van der Waals surface area contributed by atoms with Crippen LogP contribution in [-0.4, -0.2) is 55.6 Å². The van der Waals surface area contributed by atoms with E-state index in [0.717, 1.165) is 30.1 Å². The molecule has 1 amide bonds. The standard InChI is InChI=1S/C24H33N3O4/c1-5-19-21(24(29)31-4)16(2)22(26-19)23(28)25-15-20(27-13-7-6-8-14-27)17-9-11-18(30-3)12-10-17/h9-12,20,26H,5-8,13-15H2,1-4H3,(H,25,28). The molecule has 2 aromatic rings. The maximum atomic E-state index is 13.0. The van der Waals surface area contributed by atoms with Crippen LogP contribution < -0.4 is 10.1 Å². The van der Waals surface area contributed by atoms with Gasteiger partial charge in [0.1, 0.15) is 11.4 Å². The van der Waals surface area contributed by atoms with Crippen molar-refractivity contribution in [2.45, 2.75) is 45.6 Å². The molecule has 3 rings (SSSR count). The number of aromatic amines is 1. The lowest BCUT2D eigenvalue weighted by molar-refractivity contribution is 0.0599. The van der Waals surface area contributed by atoms with E-state index in [4.69, 9.17) is 9.47 Å². The van der Waals surface area contributed by atoms with Crippen LogP contribution in [0.15, 0.2) is 24.3 Å². The summed E-state index contributed by atoms with van der Waals surface area (Å²) in [5, 5.41) is 3.09. The molecule has 0 radical (unpaired) electrons. The van der Waals surface area contributed by atoms with Crippen LogP contribution in [0.25, 0.3) is 0 Å². The lowest BCUT2D eigenvalue weighted by Gasteiger charge is -2.35. The second-order valence-electron chi connectivity index (χ2n) is 7.92. The average Bonchev–Trinajstić information content (AvgIpc) is 3.16. The Bertz CT molecular complexity index is 898. The Morgan fingerprint density at radius 2 is 1.81 bits per heavy atom. The molecule has 1 aromatic heterocycles.